The number of nitrogens with zero attached hydrogens (tertiary/aromatic N) is 2. The van der Waals surface area contributed by atoms with E-state index in [1.165, 1.54) is 12.1 Å². The van der Waals surface area contributed by atoms with Crippen molar-refractivity contribution in [3.8, 4) is 5.75 Å². The van der Waals surface area contributed by atoms with Gasteiger partial charge < -0.3 is 5.11 Å². The Hall–Kier alpha value is -2.48. The fourth-order valence-corrected chi connectivity index (χ4v) is 3.82. The van der Waals surface area contributed by atoms with E-state index in [1.54, 1.807) is 18.2 Å². The highest BCUT2D eigenvalue weighted by molar-refractivity contribution is 7.86. The van der Waals surface area contributed by atoms with E-state index in [-0.39, 0.29) is 28.1 Å². The molecule has 3 aromatic rings. The van der Waals surface area contributed by atoms with Crippen LogP contribution in [0.1, 0.15) is 25.3 Å². The zero-order valence-corrected chi connectivity index (χ0v) is 16.2. The molecule has 0 aromatic heterocycles. The number of phenolic OH excluding ortho intramolecular Hbond substituents is 1. The van der Waals surface area contributed by atoms with Crippen molar-refractivity contribution >= 4 is 43.9 Å². The molecule has 0 bridgehead atoms. The summed E-state index contributed by atoms with van der Waals surface area (Å²) in [4.78, 5) is -0.444. The number of azo groups is 1. The Morgan fingerprint density at radius 2 is 1.74 bits per heavy atom. The molecule has 0 saturated heterocycles. The van der Waals surface area contributed by atoms with Gasteiger partial charge in [-0.1, -0.05) is 55.8 Å². The lowest BCUT2D eigenvalue weighted by Gasteiger charge is -2.11. The highest BCUT2D eigenvalue weighted by atomic mass is 35.5. The molecule has 0 aliphatic heterocycles. The Balaban J connectivity index is 2.21. The molecule has 0 heterocycles. The third kappa shape index (κ3) is 3.95. The molecule has 0 radical (unpaired) electrons. The van der Waals surface area contributed by atoms with Gasteiger partial charge >= 0.3 is 0 Å². The van der Waals surface area contributed by atoms with Gasteiger partial charge in [0.25, 0.3) is 10.1 Å². The summed E-state index contributed by atoms with van der Waals surface area (Å²) >= 11 is 6.14. The SMILES string of the molecule is CC(C)c1cc(N=Nc2c(O)ccc3ccccc23)c(S(=O)(=O)O)cc1Cl. The molecule has 3 aromatic carbocycles. The van der Waals surface area contributed by atoms with Gasteiger partial charge in [0.2, 0.25) is 0 Å². The molecule has 0 atom stereocenters. The zero-order chi connectivity index (χ0) is 19.8. The van der Waals surface area contributed by atoms with E-state index < -0.39 is 15.0 Å². The minimum absolute atomic E-state index is 0.00727. The molecular formula is C19H17ClN2O4S. The Morgan fingerprint density at radius 3 is 2.41 bits per heavy atom. The first-order valence-corrected chi connectivity index (χ1v) is 9.93. The summed E-state index contributed by atoms with van der Waals surface area (Å²) < 4.78 is 33.0. The van der Waals surface area contributed by atoms with Gasteiger partial charge in [0, 0.05) is 10.4 Å². The summed E-state index contributed by atoms with van der Waals surface area (Å²) in [5.74, 6) is -0.0863. The third-order valence-corrected chi connectivity index (χ3v) is 5.33. The summed E-state index contributed by atoms with van der Waals surface area (Å²) in [6.45, 7) is 3.79. The van der Waals surface area contributed by atoms with Gasteiger partial charge in [0.15, 0.2) is 0 Å². The van der Waals surface area contributed by atoms with E-state index in [9.17, 15) is 18.1 Å². The molecule has 3 rings (SSSR count). The molecule has 140 valence electrons. The second kappa shape index (κ2) is 7.26. The van der Waals surface area contributed by atoms with Crippen LogP contribution in [0.3, 0.4) is 0 Å². The Labute approximate surface area is 161 Å². The second-order valence-electron chi connectivity index (χ2n) is 6.33. The molecule has 0 spiro atoms. The van der Waals surface area contributed by atoms with Crippen LogP contribution in [-0.4, -0.2) is 18.1 Å². The van der Waals surface area contributed by atoms with E-state index in [4.69, 9.17) is 11.6 Å². The van der Waals surface area contributed by atoms with Crippen LogP contribution < -0.4 is 0 Å². The number of rotatable bonds is 4. The quantitative estimate of drug-likeness (QED) is 0.412. The monoisotopic (exact) mass is 404 g/mol. The molecule has 0 unspecified atom stereocenters. The number of benzene rings is 3. The van der Waals surface area contributed by atoms with E-state index in [0.717, 1.165) is 11.5 Å². The predicted octanol–water partition coefficient (Wildman–Crippen LogP) is 5.98. The van der Waals surface area contributed by atoms with Crippen molar-refractivity contribution in [2.24, 2.45) is 10.2 Å². The maximum atomic E-state index is 11.7. The average Bonchev–Trinajstić information content (AvgIpc) is 2.60. The van der Waals surface area contributed by atoms with E-state index in [0.29, 0.717) is 10.9 Å². The van der Waals surface area contributed by atoms with Crippen LogP contribution in [0.4, 0.5) is 11.4 Å². The molecule has 6 nitrogen and oxygen atoms in total. The van der Waals surface area contributed by atoms with Gasteiger partial charge in [-0.3, -0.25) is 4.55 Å². The number of phenols is 1. The number of fused-ring (bicyclic) bond motifs is 1. The van der Waals surface area contributed by atoms with Crippen LogP contribution in [-0.2, 0) is 10.1 Å². The smallest absolute Gasteiger partial charge is 0.296 e. The largest absolute Gasteiger partial charge is 0.506 e. The number of hydrogen-bond donors (Lipinski definition) is 2. The summed E-state index contributed by atoms with van der Waals surface area (Å²) in [5, 5.41) is 19.9. The lowest BCUT2D eigenvalue weighted by Crippen LogP contribution is -2.00. The third-order valence-electron chi connectivity index (χ3n) is 4.12. The predicted molar refractivity (Wildman–Crippen MR) is 105 cm³/mol. The molecule has 27 heavy (non-hydrogen) atoms. The topological polar surface area (TPSA) is 99.3 Å². The van der Waals surface area contributed by atoms with Crippen LogP contribution in [0.25, 0.3) is 10.8 Å². The molecule has 0 aliphatic carbocycles. The van der Waals surface area contributed by atoms with Crippen molar-refractivity contribution in [2.75, 3.05) is 0 Å². The molecule has 0 aliphatic rings. The van der Waals surface area contributed by atoms with E-state index in [2.05, 4.69) is 10.2 Å². The first-order valence-electron chi connectivity index (χ1n) is 8.12. The Bertz CT molecular complexity index is 1160. The molecule has 0 fully saturated rings. The second-order valence-corrected chi connectivity index (χ2v) is 8.12. The highest BCUT2D eigenvalue weighted by Gasteiger charge is 2.20. The average molecular weight is 405 g/mol. The van der Waals surface area contributed by atoms with Crippen LogP contribution >= 0.6 is 11.6 Å². The number of halogens is 1. The van der Waals surface area contributed by atoms with Crippen molar-refractivity contribution in [3.05, 3.63) is 59.1 Å². The Morgan fingerprint density at radius 1 is 1.04 bits per heavy atom. The Kier molecular flexibility index (Phi) is 5.19. The van der Waals surface area contributed by atoms with Gasteiger partial charge in [-0.25, -0.2) is 0 Å². The van der Waals surface area contributed by atoms with Crippen LogP contribution in [0.2, 0.25) is 5.02 Å². The van der Waals surface area contributed by atoms with Crippen molar-refractivity contribution in [3.63, 3.8) is 0 Å². The summed E-state index contributed by atoms with van der Waals surface area (Å²) in [5.41, 5.74) is 0.813. The lowest BCUT2D eigenvalue weighted by atomic mass is 10.0. The minimum Gasteiger partial charge on any atom is -0.506 e. The van der Waals surface area contributed by atoms with Crippen molar-refractivity contribution in [1.82, 2.24) is 0 Å². The van der Waals surface area contributed by atoms with Crippen LogP contribution in [0.15, 0.2) is 63.7 Å². The van der Waals surface area contributed by atoms with Crippen molar-refractivity contribution < 1.29 is 18.1 Å². The molecular weight excluding hydrogens is 388 g/mol. The fraction of sp³-hybridized carbons (Fsp3) is 0.158. The summed E-state index contributed by atoms with van der Waals surface area (Å²) in [6.07, 6.45) is 0. The van der Waals surface area contributed by atoms with Gasteiger partial charge in [0.1, 0.15) is 22.0 Å². The highest BCUT2D eigenvalue weighted by Crippen LogP contribution is 2.38. The lowest BCUT2D eigenvalue weighted by molar-refractivity contribution is 0.477. The van der Waals surface area contributed by atoms with Gasteiger partial charge in [-0.15, -0.1) is 10.2 Å². The molecule has 2 N–H and O–H groups in total. The van der Waals surface area contributed by atoms with Crippen LogP contribution in [0.5, 0.6) is 5.75 Å². The normalized spacial score (nSPS) is 12.3. The first kappa shape index (κ1) is 19.3. The van der Waals surface area contributed by atoms with Gasteiger partial charge in [-0.05, 0) is 35.1 Å². The van der Waals surface area contributed by atoms with Crippen LogP contribution in [0, 0.1) is 0 Å². The molecule has 0 saturated carbocycles. The summed E-state index contributed by atoms with van der Waals surface area (Å²) in [7, 11) is -4.56. The maximum Gasteiger partial charge on any atom is 0.296 e. The van der Waals surface area contributed by atoms with E-state index >= 15 is 0 Å². The standard InChI is InChI=1S/C19H17ClN2O4S/c1-11(2)14-9-16(18(10-15(14)20)27(24,25)26)21-22-19-13-6-4-3-5-12(13)7-8-17(19)23/h3-11,23H,1-2H3,(H,24,25,26). The first-order chi connectivity index (χ1) is 12.7. The van der Waals surface area contributed by atoms with Gasteiger partial charge in [0.05, 0.1) is 0 Å². The number of hydrogen-bond acceptors (Lipinski definition) is 5. The zero-order valence-electron chi connectivity index (χ0n) is 14.6. The van der Waals surface area contributed by atoms with E-state index in [1.807, 2.05) is 26.0 Å². The number of aromatic hydroxyl groups is 1. The van der Waals surface area contributed by atoms with Crippen molar-refractivity contribution in [2.45, 2.75) is 24.7 Å². The van der Waals surface area contributed by atoms with Gasteiger partial charge in [-0.2, -0.15) is 8.42 Å². The fourth-order valence-electron chi connectivity index (χ4n) is 2.74. The minimum atomic E-state index is -4.56. The van der Waals surface area contributed by atoms with Crippen molar-refractivity contribution in [1.29, 1.82) is 0 Å². The maximum absolute atomic E-state index is 11.7. The molecule has 0 amide bonds. The molecule has 8 heteroatoms. The summed E-state index contributed by atoms with van der Waals surface area (Å²) in [6, 6.07) is 13.1.